The number of carbonyl (C=O) groups is 1. The van der Waals surface area contributed by atoms with E-state index in [4.69, 9.17) is 4.74 Å². The first-order valence-electron chi connectivity index (χ1n) is 4.13. The Hall–Kier alpha value is -1.05. The van der Waals surface area contributed by atoms with Crippen molar-refractivity contribution in [3.05, 3.63) is 24.3 Å². The maximum absolute atomic E-state index is 10.9. The summed E-state index contributed by atoms with van der Waals surface area (Å²) >= 11 is 0. The number of hydrogen-bond acceptors (Lipinski definition) is 2. The Labute approximate surface area is 73.9 Å². The Morgan fingerprint density at radius 3 is 2.58 bits per heavy atom. The van der Waals surface area contributed by atoms with E-state index < -0.39 is 0 Å². The van der Waals surface area contributed by atoms with Crippen LogP contribution in [0.2, 0.25) is 0 Å². The lowest BCUT2D eigenvalue weighted by atomic mass is 10.2. The summed E-state index contributed by atoms with van der Waals surface area (Å²) in [7, 11) is 0. The SMILES string of the molecule is C/C=C/C=C/COC(=O)C(C)C. The molecule has 2 nitrogen and oxygen atoms in total. The Morgan fingerprint density at radius 1 is 1.42 bits per heavy atom. The fourth-order valence-corrected chi connectivity index (χ4v) is 0.542. The largest absolute Gasteiger partial charge is 0.461 e. The van der Waals surface area contributed by atoms with E-state index in [2.05, 4.69) is 0 Å². The molecule has 0 radical (unpaired) electrons. The van der Waals surface area contributed by atoms with E-state index in [9.17, 15) is 4.79 Å². The molecule has 0 aromatic carbocycles. The first-order valence-corrected chi connectivity index (χ1v) is 4.13. The average Bonchev–Trinajstić information content (AvgIpc) is 2.03. The molecular weight excluding hydrogens is 152 g/mol. The van der Waals surface area contributed by atoms with Crippen molar-refractivity contribution in [3.8, 4) is 0 Å². The van der Waals surface area contributed by atoms with Crippen LogP contribution in [0.5, 0.6) is 0 Å². The molecule has 0 atom stereocenters. The normalized spacial score (nSPS) is 11.7. The molecule has 0 aliphatic heterocycles. The lowest BCUT2D eigenvalue weighted by molar-refractivity contribution is -0.146. The van der Waals surface area contributed by atoms with Crippen LogP contribution in [-0.4, -0.2) is 12.6 Å². The van der Waals surface area contributed by atoms with Gasteiger partial charge in [-0.25, -0.2) is 0 Å². The highest BCUT2D eigenvalue weighted by molar-refractivity contribution is 5.71. The van der Waals surface area contributed by atoms with Crippen molar-refractivity contribution in [2.24, 2.45) is 5.92 Å². The maximum Gasteiger partial charge on any atom is 0.308 e. The minimum absolute atomic E-state index is 0.0416. The van der Waals surface area contributed by atoms with Gasteiger partial charge in [0.2, 0.25) is 0 Å². The van der Waals surface area contributed by atoms with Gasteiger partial charge in [-0.05, 0) is 13.0 Å². The molecule has 0 saturated heterocycles. The van der Waals surface area contributed by atoms with Crippen LogP contribution < -0.4 is 0 Å². The summed E-state index contributed by atoms with van der Waals surface area (Å²) in [6.45, 7) is 5.93. The predicted octanol–water partition coefficient (Wildman–Crippen LogP) is 2.32. The molecule has 68 valence electrons. The van der Waals surface area contributed by atoms with E-state index in [1.54, 1.807) is 6.08 Å². The van der Waals surface area contributed by atoms with Crippen molar-refractivity contribution in [1.29, 1.82) is 0 Å². The molecule has 12 heavy (non-hydrogen) atoms. The minimum Gasteiger partial charge on any atom is -0.461 e. The molecule has 0 spiro atoms. The first kappa shape index (κ1) is 11.0. The Morgan fingerprint density at radius 2 is 2.08 bits per heavy atom. The molecule has 0 aromatic rings. The van der Waals surface area contributed by atoms with Crippen molar-refractivity contribution < 1.29 is 9.53 Å². The summed E-state index contributed by atoms with van der Waals surface area (Å²) in [5.74, 6) is -0.194. The quantitative estimate of drug-likeness (QED) is 0.475. The number of hydrogen-bond donors (Lipinski definition) is 0. The van der Waals surface area contributed by atoms with Gasteiger partial charge in [-0.15, -0.1) is 0 Å². The number of allylic oxidation sites excluding steroid dienone is 3. The van der Waals surface area contributed by atoms with E-state index in [0.717, 1.165) is 0 Å². The van der Waals surface area contributed by atoms with Gasteiger partial charge < -0.3 is 4.74 Å². The second-order valence-electron chi connectivity index (χ2n) is 2.74. The van der Waals surface area contributed by atoms with Crippen LogP contribution in [0.25, 0.3) is 0 Å². The lowest BCUT2D eigenvalue weighted by Crippen LogP contribution is -2.11. The van der Waals surface area contributed by atoms with Crippen LogP contribution in [-0.2, 0) is 9.53 Å². The molecule has 0 amide bonds. The summed E-state index contributed by atoms with van der Waals surface area (Å²) in [5, 5.41) is 0. The zero-order chi connectivity index (χ0) is 9.40. The van der Waals surface area contributed by atoms with E-state index in [-0.39, 0.29) is 11.9 Å². The van der Waals surface area contributed by atoms with Crippen LogP contribution in [0, 0.1) is 5.92 Å². The Balaban J connectivity index is 3.50. The Kier molecular flexibility index (Phi) is 6.07. The van der Waals surface area contributed by atoms with Gasteiger partial charge in [-0.2, -0.15) is 0 Å². The molecule has 0 aromatic heterocycles. The molecule has 0 bridgehead atoms. The van der Waals surface area contributed by atoms with Gasteiger partial charge in [-0.1, -0.05) is 32.1 Å². The summed E-state index contributed by atoms with van der Waals surface area (Å²) in [6.07, 6.45) is 7.47. The molecule has 2 heteroatoms. The standard InChI is InChI=1S/C10H16O2/c1-4-5-6-7-8-12-10(11)9(2)3/h4-7,9H,8H2,1-3H3/b5-4+,7-6+. The molecule has 0 heterocycles. The topological polar surface area (TPSA) is 26.3 Å². The highest BCUT2D eigenvalue weighted by atomic mass is 16.5. The van der Waals surface area contributed by atoms with Gasteiger partial charge in [0, 0.05) is 0 Å². The summed E-state index contributed by atoms with van der Waals surface area (Å²) in [6, 6.07) is 0. The number of ether oxygens (including phenoxy) is 1. The maximum atomic E-state index is 10.9. The third-order valence-corrected chi connectivity index (χ3v) is 1.23. The second kappa shape index (κ2) is 6.65. The van der Waals surface area contributed by atoms with Crippen molar-refractivity contribution in [2.45, 2.75) is 20.8 Å². The molecule has 0 aliphatic carbocycles. The number of carbonyl (C=O) groups excluding carboxylic acids is 1. The van der Waals surface area contributed by atoms with Gasteiger partial charge in [0.05, 0.1) is 5.92 Å². The monoisotopic (exact) mass is 168 g/mol. The molecule has 0 unspecified atom stereocenters. The molecule has 0 aliphatic rings. The summed E-state index contributed by atoms with van der Waals surface area (Å²) in [5.41, 5.74) is 0. The van der Waals surface area contributed by atoms with Crippen molar-refractivity contribution in [3.63, 3.8) is 0 Å². The lowest BCUT2D eigenvalue weighted by Gasteiger charge is -2.02. The van der Waals surface area contributed by atoms with Crippen molar-refractivity contribution in [2.75, 3.05) is 6.61 Å². The first-order chi connectivity index (χ1) is 5.68. The third kappa shape index (κ3) is 5.71. The van der Waals surface area contributed by atoms with Gasteiger partial charge in [0.25, 0.3) is 0 Å². The van der Waals surface area contributed by atoms with Crippen LogP contribution in [0.15, 0.2) is 24.3 Å². The molecule has 0 fully saturated rings. The fourth-order valence-electron chi connectivity index (χ4n) is 0.542. The molecule has 0 N–H and O–H groups in total. The summed E-state index contributed by atoms with van der Waals surface area (Å²) < 4.78 is 4.89. The highest BCUT2D eigenvalue weighted by Crippen LogP contribution is 1.95. The zero-order valence-corrected chi connectivity index (χ0v) is 7.91. The van der Waals surface area contributed by atoms with E-state index in [1.807, 2.05) is 39.0 Å². The smallest absolute Gasteiger partial charge is 0.308 e. The third-order valence-electron chi connectivity index (χ3n) is 1.23. The molecular formula is C10H16O2. The Bertz CT molecular complexity index is 178. The summed E-state index contributed by atoms with van der Waals surface area (Å²) in [4.78, 5) is 10.9. The molecule has 0 saturated carbocycles. The minimum atomic E-state index is -0.153. The van der Waals surface area contributed by atoms with Crippen LogP contribution >= 0.6 is 0 Å². The van der Waals surface area contributed by atoms with E-state index in [0.29, 0.717) is 6.61 Å². The van der Waals surface area contributed by atoms with Crippen LogP contribution in [0.3, 0.4) is 0 Å². The fraction of sp³-hybridized carbons (Fsp3) is 0.500. The van der Waals surface area contributed by atoms with Gasteiger partial charge in [-0.3, -0.25) is 4.79 Å². The number of esters is 1. The molecule has 0 rings (SSSR count). The zero-order valence-electron chi connectivity index (χ0n) is 7.91. The average molecular weight is 168 g/mol. The van der Waals surface area contributed by atoms with Crippen LogP contribution in [0.4, 0.5) is 0 Å². The van der Waals surface area contributed by atoms with E-state index in [1.165, 1.54) is 0 Å². The second-order valence-corrected chi connectivity index (χ2v) is 2.74. The van der Waals surface area contributed by atoms with Gasteiger partial charge >= 0.3 is 5.97 Å². The predicted molar refractivity (Wildman–Crippen MR) is 49.8 cm³/mol. The van der Waals surface area contributed by atoms with Crippen molar-refractivity contribution >= 4 is 5.97 Å². The van der Waals surface area contributed by atoms with Crippen molar-refractivity contribution in [1.82, 2.24) is 0 Å². The van der Waals surface area contributed by atoms with Crippen LogP contribution in [0.1, 0.15) is 20.8 Å². The van der Waals surface area contributed by atoms with Gasteiger partial charge in [0.1, 0.15) is 6.61 Å². The highest BCUT2D eigenvalue weighted by Gasteiger charge is 2.05. The number of rotatable bonds is 4. The van der Waals surface area contributed by atoms with E-state index >= 15 is 0 Å². The van der Waals surface area contributed by atoms with Gasteiger partial charge in [0.15, 0.2) is 0 Å².